The number of nitrogens with one attached hydrogen (secondary N) is 1. The maximum absolute atomic E-state index is 12.3. The second kappa shape index (κ2) is 16.1. The zero-order valence-corrected chi connectivity index (χ0v) is 20.1. The number of carbonyl (C=O) groups excluding carboxylic acids is 3. The molecule has 164 valence electrons. The molecule has 28 heavy (non-hydrogen) atoms. The van der Waals surface area contributed by atoms with Crippen LogP contribution in [-0.4, -0.2) is 46.5 Å². The van der Waals surface area contributed by atoms with Crippen molar-refractivity contribution < 1.29 is 23.9 Å². The average Bonchev–Trinajstić information content (AvgIpc) is 2.61. The molecular formula is C20H36BrNO5S. The fourth-order valence-electron chi connectivity index (χ4n) is 2.34. The lowest BCUT2D eigenvalue weighted by molar-refractivity contribution is -0.147. The van der Waals surface area contributed by atoms with E-state index in [0.717, 1.165) is 31.0 Å². The Kier molecular flexibility index (Phi) is 15.6. The van der Waals surface area contributed by atoms with Gasteiger partial charge in [-0.2, -0.15) is 0 Å². The Bertz CT molecular complexity index is 468. The van der Waals surface area contributed by atoms with Crippen LogP contribution in [0, 0.1) is 0 Å². The topological polar surface area (TPSA) is 81.7 Å². The van der Waals surface area contributed by atoms with Crippen LogP contribution in [-0.2, 0) is 19.1 Å². The van der Waals surface area contributed by atoms with E-state index in [1.54, 1.807) is 20.8 Å². The van der Waals surface area contributed by atoms with E-state index in [0.29, 0.717) is 6.61 Å². The van der Waals surface area contributed by atoms with Gasteiger partial charge in [-0.25, -0.2) is 9.59 Å². The molecule has 0 aliphatic rings. The first-order chi connectivity index (χ1) is 13.2. The van der Waals surface area contributed by atoms with Gasteiger partial charge in [-0.05, 0) is 39.0 Å². The summed E-state index contributed by atoms with van der Waals surface area (Å²) in [5.41, 5.74) is -0.601. The van der Waals surface area contributed by atoms with Crippen LogP contribution in [0.1, 0.15) is 79.1 Å². The van der Waals surface area contributed by atoms with Crippen molar-refractivity contribution in [1.82, 2.24) is 5.32 Å². The highest BCUT2D eigenvalue weighted by Gasteiger charge is 2.25. The van der Waals surface area contributed by atoms with Crippen molar-refractivity contribution in [3.63, 3.8) is 0 Å². The first-order valence-electron chi connectivity index (χ1n) is 10.1. The number of unbranched alkanes of at least 4 members (excludes halogenated alkanes) is 7. The number of carbonyl (C=O) groups is 3. The predicted molar refractivity (Wildman–Crippen MR) is 118 cm³/mol. The highest BCUT2D eigenvalue weighted by Crippen LogP contribution is 2.16. The molecule has 0 aromatic heterocycles. The van der Waals surface area contributed by atoms with Crippen LogP contribution in [0.4, 0.5) is 4.79 Å². The predicted octanol–water partition coefficient (Wildman–Crippen LogP) is 5.22. The van der Waals surface area contributed by atoms with Crippen molar-refractivity contribution in [3.05, 3.63) is 0 Å². The Hall–Kier alpha value is -0.760. The van der Waals surface area contributed by atoms with E-state index in [-0.39, 0.29) is 17.0 Å². The SMILES string of the molecule is CCCCCCCCCCOC(=O)C(CSC(=O)OC(C)(C)C)NC(=O)CBr. The molecule has 8 heteroatoms. The van der Waals surface area contributed by atoms with Gasteiger partial charge in [0.1, 0.15) is 11.6 Å². The first kappa shape index (κ1) is 27.2. The number of alkyl halides is 1. The Balaban J connectivity index is 4.21. The summed E-state index contributed by atoms with van der Waals surface area (Å²) in [5.74, 6) is -0.781. The molecule has 1 atom stereocenters. The van der Waals surface area contributed by atoms with Crippen LogP contribution in [0.5, 0.6) is 0 Å². The zero-order valence-electron chi connectivity index (χ0n) is 17.7. The van der Waals surface area contributed by atoms with E-state index in [1.807, 2.05) is 0 Å². The van der Waals surface area contributed by atoms with E-state index >= 15 is 0 Å². The summed E-state index contributed by atoms with van der Waals surface area (Å²) in [6, 6.07) is -0.878. The lowest BCUT2D eigenvalue weighted by Crippen LogP contribution is -2.44. The number of hydrogen-bond acceptors (Lipinski definition) is 6. The summed E-state index contributed by atoms with van der Waals surface area (Å²) in [7, 11) is 0. The summed E-state index contributed by atoms with van der Waals surface area (Å²) in [6.45, 7) is 7.84. The highest BCUT2D eigenvalue weighted by molar-refractivity contribution is 9.09. The van der Waals surface area contributed by atoms with Crippen LogP contribution in [0.25, 0.3) is 0 Å². The fourth-order valence-corrected chi connectivity index (χ4v) is 3.33. The third kappa shape index (κ3) is 16.2. The summed E-state index contributed by atoms with van der Waals surface area (Å²) < 4.78 is 10.5. The second-order valence-corrected chi connectivity index (χ2v) is 9.19. The smallest absolute Gasteiger partial charge is 0.367 e. The molecule has 1 N–H and O–H groups in total. The number of esters is 1. The van der Waals surface area contributed by atoms with Crippen molar-refractivity contribution in [2.45, 2.75) is 90.7 Å². The normalized spacial score (nSPS) is 12.3. The summed E-state index contributed by atoms with van der Waals surface area (Å²) in [6.07, 6.45) is 9.26. The molecule has 0 saturated heterocycles. The Labute approximate surface area is 182 Å². The lowest BCUT2D eigenvalue weighted by Gasteiger charge is -2.20. The van der Waals surface area contributed by atoms with Gasteiger partial charge in [-0.1, -0.05) is 67.8 Å². The minimum Gasteiger partial charge on any atom is -0.464 e. The van der Waals surface area contributed by atoms with E-state index in [4.69, 9.17) is 9.47 Å². The van der Waals surface area contributed by atoms with Crippen LogP contribution in [0.2, 0.25) is 0 Å². The van der Waals surface area contributed by atoms with Crippen LogP contribution in [0.3, 0.4) is 0 Å². The van der Waals surface area contributed by atoms with Gasteiger partial charge in [0.15, 0.2) is 0 Å². The van der Waals surface area contributed by atoms with Gasteiger partial charge in [0.05, 0.1) is 11.9 Å². The zero-order chi connectivity index (χ0) is 21.4. The minimum absolute atomic E-state index is 0.0733. The maximum Gasteiger partial charge on any atom is 0.367 e. The van der Waals surface area contributed by atoms with Gasteiger partial charge in [0, 0.05) is 5.75 Å². The standard InChI is InChI=1S/C20H36BrNO5S/c1-5-6-7-8-9-10-11-12-13-26-18(24)16(22-17(23)14-21)15-28-19(25)27-20(2,3)4/h16H,5-15H2,1-4H3,(H,22,23). The van der Waals surface area contributed by atoms with E-state index in [1.165, 1.54) is 32.1 Å². The average molecular weight is 482 g/mol. The molecule has 0 spiro atoms. The quantitative estimate of drug-likeness (QED) is 0.208. The molecule has 1 amide bonds. The molecule has 1 unspecified atom stereocenters. The van der Waals surface area contributed by atoms with Crippen molar-refractivity contribution >= 4 is 44.9 Å². The number of amides is 1. The largest absolute Gasteiger partial charge is 0.464 e. The molecule has 0 fully saturated rings. The Morgan fingerprint density at radius 3 is 2.11 bits per heavy atom. The molecule has 0 heterocycles. The number of hydrogen-bond donors (Lipinski definition) is 1. The van der Waals surface area contributed by atoms with E-state index in [9.17, 15) is 14.4 Å². The van der Waals surface area contributed by atoms with Crippen molar-refractivity contribution in [2.75, 3.05) is 17.7 Å². The summed E-state index contributed by atoms with van der Waals surface area (Å²) in [4.78, 5) is 35.7. The van der Waals surface area contributed by atoms with E-state index < -0.39 is 22.9 Å². The Morgan fingerprint density at radius 2 is 1.57 bits per heavy atom. The van der Waals surface area contributed by atoms with Gasteiger partial charge in [0.2, 0.25) is 5.91 Å². The summed E-state index contributed by atoms with van der Waals surface area (Å²) >= 11 is 3.91. The number of thioether (sulfide) groups is 1. The molecule has 6 nitrogen and oxygen atoms in total. The number of halogens is 1. The van der Waals surface area contributed by atoms with Gasteiger partial charge >= 0.3 is 11.3 Å². The van der Waals surface area contributed by atoms with Crippen LogP contribution < -0.4 is 5.32 Å². The molecule has 0 aromatic carbocycles. The van der Waals surface area contributed by atoms with Gasteiger partial charge < -0.3 is 14.8 Å². The second-order valence-electron chi connectivity index (χ2n) is 7.67. The lowest BCUT2D eigenvalue weighted by atomic mass is 10.1. The van der Waals surface area contributed by atoms with Gasteiger partial charge in [-0.3, -0.25) is 4.79 Å². The van der Waals surface area contributed by atoms with Crippen molar-refractivity contribution in [2.24, 2.45) is 0 Å². The first-order valence-corrected chi connectivity index (χ1v) is 12.2. The molecule has 0 bridgehead atoms. The molecule has 0 rings (SSSR count). The number of ether oxygens (including phenoxy) is 2. The molecular weight excluding hydrogens is 446 g/mol. The third-order valence-corrected chi connectivity index (χ3v) is 5.07. The highest BCUT2D eigenvalue weighted by atomic mass is 79.9. The maximum atomic E-state index is 12.3. The minimum atomic E-state index is -0.878. The number of rotatable bonds is 14. The molecule has 0 aliphatic carbocycles. The molecule has 0 saturated carbocycles. The van der Waals surface area contributed by atoms with Crippen molar-refractivity contribution in [1.29, 1.82) is 0 Å². The Morgan fingerprint density at radius 1 is 1.00 bits per heavy atom. The fraction of sp³-hybridized carbons (Fsp3) is 0.850. The van der Waals surface area contributed by atoms with E-state index in [2.05, 4.69) is 28.2 Å². The van der Waals surface area contributed by atoms with Crippen LogP contribution in [0.15, 0.2) is 0 Å². The third-order valence-electron chi connectivity index (χ3n) is 3.74. The van der Waals surface area contributed by atoms with Gasteiger partial charge in [0.25, 0.3) is 0 Å². The summed E-state index contributed by atoms with van der Waals surface area (Å²) in [5, 5.41) is 2.17. The monoisotopic (exact) mass is 481 g/mol. The van der Waals surface area contributed by atoms with Crippen LogP contribution >= 0.6 is 27.7 Å². The molecule has 0 radical (unpaired) electrons. The molecule has 0 aliphatic heterocycles. The molecule has 0 aromatic rings. The van der Waals surface area contributed by atoms with Crippen molar-refractivity contribution in [3.8, 4) is 0 Å². The van der Waals surface area contributed by atoms with Gasteiger partial charge in [-0.15, -0.1) is 0 Å².